The summed E-state index contributed by atoms with van der Waals surface area (Å²) in [6.45, 7) is 4.29. The molecule has 0 aliphatic rings. The van der Waals surface area contributed by atoms with Gasteiger partial charge in [0.15, 0.2) is 5.50 Å². The number of thioether (sulfide) groups is 1. The average molecular weight is 645 g/mol. The SMILES string of the molecule is CCSC(NC(=O)Nc1ccc(COc2ncn(-c3ccc(OC(F)(F)F)cc3)n2)cc1)N(C=O)c1cc(C)ccc1COC. The molecule has 2 N–H and O–H groups in total. The number of rotatable bonds is 14. The summed E-state index contributed by atoms with van der Waals surface area (Å²) in [6, 6.07) is 17.3. The van der Waals surface area contributed by atoms with Gasteiger partial charge in [0.05, 0.1) is 18.0 Å². The molecule has 0 bridgehead atoms. The van der Waals surface area contributed by atoms with E-state index in [4.69, 9.17) is 9.47 Å². The molecule has 11 nitrogen and oxygen atoms in total. The number of ether oxygens (including phenoxy) is 3. The summed E-state index contributed by atoms with van der Waals surface area (Å²) in [5.74, 6) is 0.297. The summed E-state index contributed by atoms with van der Waals surface area (Å²) >= 11 is 1.39. The van der Waals surface area contributed by atoms with Crippen molar-refractivity contribution in [3.8, 4) is 17.4 Å². The quantitative estimate of drug-likeness (QED) is 0.126. The molecular formula is C30H31F3N6O5S. The number of aryl methyl sites for hydroxylation is 1. The molecular weight excluding hydrogens is 613 g/mol. The molecule has 0 radical (unpaired) electrons. The molecule has 0 saturated carbocycles. The van der Waals surface area contributed by atoms with Gasteiger partial charge in [-0.3, -0.25) is 9.69 Å². The van der Waals surface area contributed by atoms with Crippen LogP contribution in [-0.4, -0.2) is 51.9 Å². The molecule has 3 aromatic carbocycles. The lowest BCUT2D eigenvalue weighted by molar-refractivity contribution is -0.274. The second-order valence-electron chi connectivity index (χ2n) is 9.48. The number of carbonyl (C=O) groups excluding carboxylic acids is 2. The molecule has 0 saturated heterocycles. The van der Waals surface area contributed by atoms with Gasteiger partial charge in [0.25, 0.3) is 0 Å². The minimum absolute atomic E-state index is 0.0636. The summed E-state index contributed by atoms with van der Waals surface area (Å²) in [5.41, 5.74) is 3.50. The van der Waals surface area contributed by atoms with Crippen LogP contribution in [0.25, 0.3) is 5.69 Å². The zero-order valence-electron chi connectivity index (χ0n) is 24.6. The maximum atomic E-state index is 12.9. The molecule has 0 spiro atoms. The Labute approximate surface area is 261 Å². The highest BCUT2D eigenvalue weighted by Crippen LogP contribution is 2.27. The monoisotopic (exact) mass is 644 g/mol. The number of anilines is 2. The van der Waals surface area contributed by atoms with Gasteiger partial charge >= 0.3 is 18.4 Å². The number of amides is 3. The van der Waals surface area contributed by atoms with Crippen LogP contribution in [0, 0.1) is 6.92 Å². The Bertz CT molecular complexity index is 1570. The lowest BCUT2D eigenvalue weighted by atomic mass is 10.1. The normalized spacial score (nSPS) is 11.9. The number of urea groups is 1. The van der Waals surface area contributed by atoms with E-state index in [9.17, 15) is 22.8 Å². The number of aromatic nitrogens is 3. The van der Waals surface area contributed by atoms with E-state index in [2.05, 4.69) is 25.5 Å². The number of halogens is 3. The van der Waals surface area contributed by atoms with Crippen LogP contribution in [0.1, 0.15) is 23.6 Å². The molecule has 1 heterocycles. The standard InChI is InChI=1S/C30H31F3N6O5S/c1-4-45-29(38(19-40)26-15-20(2)5-8-22(26)17-42-3)36-27(41)35-23-9-6-21(7-10-23)16-43-28-34-18-39(37-28)24-11-13-25(14-12-24)44-30(31,32)33/h5-15,18-19,29H,4,16-17H2,1-3H3,(H2,35,36,41). The van der Waals surface area contributed by atoms with Gasteiger partial charge in [0.1, 0.15) is 18.7 Å². The van der Waals surface area contributed by atoms with Gasteiger partial charge in [-0.25, -0.2) is 9.48 Å². The number of benzene rings is 3. The summed E-state index contributed by atoms with van der Waals surface area (Å²) < 4.78 is 53.3. The predicted molar refractivity (Wildman–Crippen MR) is 163 cm³/mol. The predicted octanol–water partition coefficient (Wildman–Crippen LogP) is 6.02. The van der Waals surface area contributed by atoms with Gasteiger partial charge in [-0.1, -0.05) is 31.2 Å². The Morgan fingerprint density at radius 2 is 1.82 bits per heavy atom. The van der Waals surface area contributed by atoms with Crippen molar-refractivity contribution in [1.29, 1.82) is 0 Å². The fourth-order valence-electron chi connectivity index (χ4n) is 4.13. The van der Waals surface area contributed by atoms with Crippen molar-refractivity contribution in [3.63, 3.8) is 0 Å². The first-order chi connectivity index (χ1) is 21.6. The fourth-order valence-corrected chi connectivity index (χ4v) is 4.96. The molecule has 4 aromatic rings. The summed E-state index contributed by atoms with van der Waals surface area (Å²) in [4.78, 5) is 30.7. The highest BCUT2D eigenvalue weighted by Gasteiger charge is 2.31. The molecule has 238 valence electrons. The summed E-state index contributed by atoms with van der Waals surface area (Å²) in [7, 11) is 1.58. The van der Waals surface area contributed by atoms with Gasteiger partial charge in [-0.2, -0.15) is 4.98 Å². The van der Waals surface area contributed by atoms with Crippen LogP contribution in [0.2, 0.25) is 0 Å². The van der Waals surface area contributed by atoms with Gasteiger partial charge in [-0.15, -0.1) is 30.0 Å². The van der Waals surface area contributed by atoms with Crippen molar-refractivity contribution < 1.29 is 37.0 Å². The van der Waals surface area contributed by atoms with E-state index in [1.807, 2.05) is 32.0 Å². The Kier molecular flexibility index (Phi) is 11.3. The molecule has 45 heavy (non-hydrogen) atoms. The zero-order chi connectivity index (χ0) is 32.4. The van der Waals surface area contributed by atoms with Crippen LogP contribution in [0.15, 0.2) is 73.1 Å². The Balaban J connectivity index is 1.33. The highest BCUT2D eigenvalue weighted by molar-refractivity contribution is 7.99. The lowest BCUT2D eigenvalue weighted by Crippen LogP contribution is -2.47. The summed E-state index contributed by atoms with van der Waals surface area (Å²) in [5, 5.41) is 9.82. The molecule has 0 aliphatic heterocycles. The first-order valence-electron chi connectivity index (χ1n) is 13.6. The second kappa shape index (κ2) is 15.3. The van der Waals surface area contributed by atoms with Crippen molar-refractivity contribution in [1.82, 2.24) is 20.1 Å². The Morgan fingerprint density at radius 1 is 1.09 bits per heavy atom. The molecule has 15 heteroatoms. The van der Waals surface area contributed by atoms with Gasteiger partial charge in [0, 0.05) is 18.4 Å². The third-order valence-corrected chi connectivity index (χ3v) is 7.14. The second-order valence-corrected chi connectivity index (χ2v) is 10.8. The molecule has 3 amide bonds. The van der Waals surface area contributed by atoms with E-state index in [0.717, 1.165) is 16.7 Å². The van der Waals surface area contributed by atoms with Crippen LogP contribution >= 0.6 is 11.8 Å². The van der Waals surface area contributed by atoms with Gasteiger partial charge in [-0.05, 0) is 66.3 Å². The van der Waals surface area contributed by atoms with E-state index in [1.165, 1.54) is 51.9 Å². The van der Waals surface area contributed by atoms with Crippen molar-refractivity contribution in [2.24, 2.45) is 0 Å². The molecule has 1 aromatic heterocycles. The third kappa shape index (κ3) is 9.61. The number of carbonyl (C=O) groups is 2. The Hall–Kier alpha value is -4.76. The number of hydrogen-bond acceptors (Lipinski definition) is 8. The molecule has 0 fully saturated rings. The number of nitrogens with one attached hydrogen (secondary N) is 2. The van der Waals surface area contributed by atoms with Crippen molar-refractivity contribution >= 4 is 35.6 Å². The average Bonchev–Trinajstić information content (AvgIpc) is 3.47. The first kappa shape index (κ1) is 33.1. The third-order valence-electron chi connectivity index (χ3n) is 6.15. The largest absolute Gasteiger partial charge is 0.573 e. The van der Waals surface area contributed by atoms with Gasteiger partial charge < -0.3 is 24.8 Å². The van der Waals surface area contributed by atoms with E-state index >= 15 is 0 Å². The lowest BCUT2D eigenvalue weighted by Gasteiger charge is -2.30. The topological polar surface area (TPSA) is 120 Å². The number of hydrogen-bond donors (Lipinski definition) is 2. The molecule has 1 unspecified atom stereocenters. The van der Waals surface area contributed by atoms with Crippen LogP contribution < -0.4 is 25.0 Å². The maximum absolute atomic E-state index is 12.9. The van der Waals surface area contributed by atoms with Gasteiger partial charge in [0.2, 0.25) is 6.41 Å². The van der Waals surface area contributed by atoms with Crippen LogP contribution in [0.3, 0.4) is 0 Å². The summed E-state index contributed by atoms with van der Waals surface area (Å²) in [6.07, 6.45) is -2.71. The first-order valence-corrected chi connectivity index (χ1v) is 14.6. The molecule has 0 aliphatic carbocycles. The minimum atomic E-state index is -4.77. The van der Waals surface area contributed by atoms with Crippen LogP contribution in [-0.2, 0) is 22.7 Å². The van der Waals surface area contributed by atoms with Crippen molar-refractivity contribution in [2.45, 2.75) is 38.9 Å². The number of nitrogens with zero attached hydrogens (tertiary/aromatic N) is 4. The Morgan fingerprint density at radius 3 is 2.47 bits per heavy atom. The van der Waals surface area contributed by atoms with E-state index in [1.54, 1.807) is 31.4 Å². The minimum Gasteiger partial charge on any atom is -0.458 e. The van der Waals surface area contributed by atoms with Crippen LogP contribution in [0.5, 0.6) is 11.8 Å². The molecule has 1 atom stereocenters. The zero-order valence-corrected chi connectivity index (χ0v) is 25.4. The van der Waals surface area contributed by atoms with Crippen LogP contribution in [0.4, 0.5) is 29.3 Å². The van der Waals surface area contributed by atoms with Crippen molar-refractivity contribution in [2.75, 3.05) is 23.1 Å². The van der Waals surface area contributed by atoms with E-state index < -0.39 is 17.9 Å². The molecule has 4 rings (SSSR count). The van der Waals surface area contributed by atoms with E-state index in [0.29, 0.717) is 35.8 Å². The number of alkyl halides is 3. The fraction of sp³-hybridized carbons (Fsp3) is 0.267. The smallest absolute Gasteiger partial charge is 0.458 e. The number of methoxy groups -OCH3 is 1. The highest BCUT2D eigenvalue weighted by atomic mass is 32.2. The maximum Gasteiger partial charge on any atom is 0.573 e. The van der Waals surface area contributed by atoms with Crippen molar-refractivity contribution in [3.05, 3.63) is 89.7 Å². The van der Waals surface area contributed by atoms with E-state index in [-0.39, 0.29) is 18.4 Å².